The van der Waals surface area contributed by atoms with Crippen LogP contribution < -0.4 is 5.73 Å². The third-order valence-corrected chi connectivity index (χ3v) is 3.74. The minimum Gasteiger partial charge on any atom is -0.459 e. The second-order valence-electron chi connectivity index (χ2n) is 4.81. The van der Waals surface area contributed by atoms with Crippen molar-refractivity contribution in [3.8, 4) is 0 Å². The lowest BCUT2D eigenvalue weighted by Crippen LogP contribution is -2.50. The lowest BCUT2D eigenvalue weighted by molar-refractivity contribution is 0.0542. The van der Waals surface area contributed by atoms with Crippen molar-refractivity contribution in [3.63, 3.8) is 0 Å². The Morgan fingerprint density at radius 1 is 1.38 bits per heavy atom. The van der Waals surface area contributed by atoms with Gasteiger partial charge >= 0.3 is 0 Å². The van der Waals surface area contributed by atoms with Crippen molar-refractivity contribution in [1.29, 1.82) is 0 Å². The van der Waals surface area contributed by atoms with E-state index in [0.717, 1.165) is 25.7 Å². The number of amides is 1. The van der Waals surface area contributed by atoms with Gasteiger partial charge in [0.25, 0.3) is 5.91 Å². The maximum Gasteiger partial charge on any atom is 0.290 e. The van der Waals surface area contributed by atoms with Crippen LogP contribution in [0.5, 0.6) is 0 Å². The Hall–Kier alpha value is -1.29. The van der Waals surface area contributed by atoms with Crippen molar-refractivity contribution in [2.45, 2.75) is 43.8 Å². The summed E-state index contributed by atoms with van der Waals surface area (Å²) in [7, 11) is 0. The zero-order valence-electron chi connectivity index (χ0n) is 9.13. The molecule has 2 aliphatic rings. The van der Waals surface area contributed by atoms with Gasteiger partial charge in [-0.05, 0) is 37.8 Å². The first-order chi connectivity index (χ1) is 7.75. The number of rotatable bonds is 1. The lowest BCUT2D eigenvalue weighted by atomic mass is 9.98. The van der Waals surface area contributed by atoms with Crippen molar-refractivity contribution >= 4 is 5.91 Å². The Morgan fingerprint density at radius 3 is 2.62 bits per heavy atom. The molecule has 3 rings (SSSR count). The molecular formula is C12H16N2O2. The Labute approximate surface area is 94.4 Å². The van der Waals surface area contributed by atoms with Gasteiger partial charge in [-0.15, -0.1) is 0 Å². The number of hydrogen-bond donors (Lipinski definition) is 1. The summed E-state index contributed by atoms with van der Waals surface area (Å²) in [4.78, 5) is 14.2. The largest absolute Gasteiger partial charge is 0.459 e. The summed E-state index contributed by atoms with van der Waals surface area (Å²) in [5, 5.41) is 0. The molecule has 2 atom stereocenters. The van der Waals surface area contributed by atoms with Gasteiger partial charge in [-0.25, -0.2) is 0 Å². The fraction of sp³-hybridized carbons (Fsp3) is 0.583. The van der Waals surface area contributed by atoms with E-state index in [2.05, 4.69) is 0 Å². The standard InChI is InChI=1S/C12H16N2O2/c13-8-6-9-3-4-10(7-8)14(9)12(15)11-2-1-5-16-11/h1-2,5,8-10H,3-4,6-7,13H2. The topological polar surface area (TPSA) is 59.5 Å². The predicted molar refractivity (Wildman–Crippen MR) is 58.9 cm³/mol. The van der Waals surface area contributed by atoms with Crippen LogP contribution in [0, 0.1) is 0 Å². The molecule has 2 aliphatic heterocycles. The van der Waals surface area contributed by atoms with Crippen molar-refractivity contribution in [2.24, 2.45) is 5.73 Å². The van der Waals surface area contributed by atoms with Gasteiger partial charge in [-0.3, -0.25) is 4.79 Å². The molecule has 2 N–H and O–H groups in total. The van der Waals surface area contributed by atoms with Gasteiger partial charge in [0.05, 0.1) is 6.26 Å². The molecule has 0 aromatic carbocycles. The third kappa shape index (κ3) is 1.45. The molecule has 1 amide bonds. The van der Waals surface area contributed by atoms with E-state index in [4.69, 9.17) is 10.2 Å². The minimum atomic E-state index is 0.0319. The van der Waals surface area contributed by atoms with Crippen LogP contribution in [-0.2, 0) is 0 Å². The van der Waals surface area contributed by atoms with Crippen LogP contribution >= 0.6 is 0 Å². The van der Waals surface area contributed by atoms with E-state index in [1.165, 1.54) is 0 Å². The maximum absolute atomic E-state index is 12.2. The fourth-order valence-corrected chi connectivity index (χ4v) is 3.08. The Balaban J connectivity index is 1.84. The first-order valence-corrected chi connectivity index (χ1v) is 5.87. The number of nitrogens with zero attached hydrogens (tertiary/aromatic N) is 1. The van der Waals surface area contributed by atoms with Crippen LogP contribution in [0.15, 0.2) is 22.8 Å². The van der Waals surface area contributed by atoms with Gasteiger partial charge in [0.1, 0.15) is 0 Å². The maximum atomic E-state index is 12.2. The minimum absolute atomic E-state index is 0.0319. The van der Waals surface area contributed by atoms with Gasteiger partial charge in [-0.1, -0.05) is 0 Å². The molecule has 2 saturated heterocycles. The number of fused-ring (bicyclic) bond motifs is 2. The van der Waals surface area contributed by atoms with Gasteiger partial charge in [0.15, 0.2) is 5.76 Å². The second kappa shape index (κ2) is 3.63. The number of carbonyl (C=O) groups is 1. The molecular weight excluding hydrogens is 204 g/mol. The highest BCUT2D eigenvalue weighted by atomic mass is 16.3. The summed E-state index contributed by atoms with van der Waals surface area (Å²) in [6.45, 7) is 0. The average molecular weight is 220 g/mol. The predicted octanol–water partition coefficient (Wildman–Crippen LogP) is 1.37. The SMILES string of the molecule is NC1CC2CCC(C1)N2C(=O)c1ccco1. The molecule has 2 fully saturated rings. The number of carbonyl (C=O) groups excluding carboxylic acids is 1. The number of nitrogens with two attached hydrogens (primary N) is 1. The zero-order valence-corrected chi connectivity index (χ0v) is 9.13. The number of piperidine rings is 1. The molecule has 86 valence electrons. The van der Waals surface area contributed by atoms with E-state index in [1.54, 1.807) is 18.4 Å². The average Bonchev–Trinajstić information content (AvgIpc) is 2.85. The highest BCUT2D eigenvalue weighted by Crippen LogP contribution is 2.36. The van der Waals surface area contributed by atoms with E-state index in [0.29, 0.717) is 17.8 Å². The van der Waals surface area contributed by atoms with E-state index in [-0.39, 0.29) is 11.9 Å². The normalized spacial score (nSPS) is 33.1. The summed E-state index contributed by atoms with van der Waals surface area (Å²) in [5.74, 6) is 0.483. The van der Waals surface area contributed by atoms with Gasteiger partial charge < -0.3 is 15.1 Å². The molecule has 0 saturated carbocycles. The Kier molecular flexibility index (Phi) is 2.24. The molecule has 2 bridgehead atoms. The number of hydrogen-bond acceptors (Lipinski definition) is 3. The van der Waals surface area contributed by atoms with Crippen molar-refractivity contribution < 1.29 is 9.21 Å². The van der Waals surface area contributed by atoms with Gasteiger partial charge in [0, 0.05) is 18.1 Å². The summed E-state index contributed by atoms with van der Waals surface area (Å²) in [6, 6.07) is 4.40. The molecule has 2 unspecified atom stereocenters. The molecule has 0 radical (unpaired) electrons. The monoisotopic (exact) mass is 220 g/mol. The highest BCUT2D eigenvalue weighted by Gasteiger charge is 2.42. The van der Waals surface area contributed by atoms with Gasteiger partial charge in [-0.2, -0.15) is 0 Å². The van der Waals surface area contributed by atoms with E-state index >= 15 is 0 Å². The summed E-state index contributed by atoms with van der Waals surface area (Å²) in [6.07, 6.45) is 5.59. The fourth-order valence-electron chi connectivity index (χ4n) is 3.08. The van der Waals surface area contributed by atoms with Crippen molar-refractivity contribution in [1.82, 2.24) is 4.90 Å². The molecule has 1 aromatic heterocycles. The quantitative estimate of drug-likeness (QED) is 0.777. The van der Waals surface area contributed by atoms with Crippen LogP contribution in [0.25, 0.3) is 0 Å². The van der Waals surface area contributed by atoms with Crippen molar-refractivity contribution in [2.75, 3.05) is 0 Å². The lowest BCUT2D eigenvalue weighted by Gasteiger charge is -2.37. The Bertz CT molecular complexity index is 374. The van der Waals surface area contributed by atoms with Crippen LogP contribution in [-0.4, -0.2) is 28.9 Å². The zero-order chi connectivity index (χ0) is 11.1. The summed E-state index contributed by atoms with van der Waals surface area (Å²) >= 11 is 0. The van der Waals surface area contributed by atoms with Crippen LogP contribution in [0.2, 0.25) is 0 Å². The first-order valence-electron chi connectivity index (χ1n) is 5.87. The van der Waals surface area contributed by atoms with Crippen molar-refractivity contribution in [3.05, 3.63) is 24.2 Å². The first kappa shape index (κ1) is 9.90. The summed E-state index contributed by atoms with van der Waals surface area (Å²) in [5.41, 5.74) is 5.98. The van der Waals surface area contributed by atoms with E-state index in [1.807, 2.05) is 4.90 Å². The molecule has 0 spiro atoms. The van der Waals surface area contributed by atoms with Crippen LogP contribution in [0.4, 0.5) is 0 Å². The molecule has 4 nitrogen and oxygen atoms in total. The van der Waals surface area contributed by atoms with E-state index in [9.17, 15) is 4.79 Å². The molecule has 0 aliphatic carbocycles. The molecule has 16 heavy (non-hydrogen) atoms. The van der Waals surface area contributed by atoms with Gasteiger partial charge in [0.2, 0.25) is 0 Å². The molecule has 3 heterocycles. The molecule has 1 aromatic rings. The number of furan rings is 1. The second-order valence-corrected chi connectivity index (χ2v) is 4.81. The van der Waals surface area contributed by atoms with Crippen LogP contribution in [0.3, 0.4) is 0 Å². The molecule has 4 heteroatoms. The van der Waals surface area contributed by atoms with E-state index < -0.39 is 0 Å². The smallest absolute Gasteiger partial charge is 0.290 e. The third-order valence-electron chi connectivity index (χ3n) is 3.74. The summed E-state index contributed by atoms with van der Waals surface area (Å²) < 4.78 is 5.18. The van der Waals surface area contributed by atoms with Crippen LogP contribution in [0.1, 0.15) is 36.2 Å². The highest BCUT2D eigenvalue weighted by molar-refractivity contribution is 5.92. The Morgan fingerprint density at radius 2 is 2.06 bits per heavy atom.